The summed E-state index contributed by atoms with van der Waals surface area (Å²) >= 11 is 0. The lowest BCUT2D eigenvalue weighted by Gasteiger charge is -2.29. The number of ether oxygens (including phenoxy) is 3. The minimum Gasteiger partial charge on any atom is -0.495 e. The van der Waals surface area contributed by atoms with Gasteiger partial charge in [-0.1, -0.05) is 37.6 Å². The van der Waals surface area contributed by atoms with Crippen molar-refractivity contribution in [3.05, 3.63) is 74.6 Å². The summed E-state index contributed by atoms with van der Waals surface area (Å²) in [5.74, 6) is -0.830. The highest BCUT2D eigenvalue weighted by Crippen LogP contribution is 2.47. The summed E-state index contributed by atoms with van der Waals surface area (Å²) in [6, 6.07) is 9.51. The van der Waals surface area contributed by atoms with E-state index in [9.17, 15) is 19.2 Å². The second-order valence-electron chi connectivity index (χ2n) is 12.4. The molecule has 44 heavy (non-hydrogen) atoms. The number of aryl methyl sites for hydroxylation is 1. The average molecular weight is 600 g/mol. The van der Waals surface area contributed by atoms with Crippen molar-refractivity contribution in [3.63, 3.8) is 0 Å². The summed E-state index contributed by atoms with van der Waals surface area (Å²) in [5, 5.41) is 0.896. The van der Waals surface area contributed by atoms with E-state index in [-0.39, 0.29) is 40.7 Å². The van der Waals surface area contributed by atoms with Gasteiger partial charge in [-0.05, 0) is 80.7 Å². The summed E-state index contributed by atoms with van der Waals surface area (Å²) in [7, 11) is 1.47. The van der Waals surface area contributed by atoms with Gasteiger partial charge in [0.05, 0.1) is 25.2 Å². The zero-order chi connectivity index (χ0) is 31.5. The molecule has 2 atom stereocenters. The molecule has 1 aromatic heterocycles. The van der Waals surface area contributed by atoms with Crippen molar-refractivity contribution in [1.82, 2.24) is 4.57 Å². The third kappa shape index (κ3) is 6.49. The SMILES string of the molecule is COc1c2c(cc3c1[C@@H](c1cc4cc(C)ccc4n(CC(C)C)c1=O)CC(=O)O3)C=CCCCC(=O)CCC[C@@H](C)OC2=O. The second kappa shape index (κ2) is 13.2. The van der Waals surface area contributed by atoms with Gasteiger partial charge in [0.25, 0.3) is 5.56 Å². The molecular formula is C36H41NO7. The predicted octanol–water partition coefficient (Wildman–Crippen LogP) is 6.90. The van der Waals surface area contributed by atoms with Crippen LogP contribution >= 0.6 is 0 Å². The molecule has 0 amide bonds. The molecule has 2 aliphatic rings. The number of nitrogens with zero attached hydrogens (tertiary/aromatic N) is 1. The van der Waals surface area contributed by atoms with Crippen LogP contribution in [0.1, 0.15) is 104 Å². The number of fused-ring (bicyclic) bond motifs is 3. The van der Waals surface area contributed by atoms with Gasteiger partial charge in [0.15, 0.2) is 0 Å². The number of aromatic nitrogens is 1. The first kappa shape index (κ1) is 31.2. The number of rotatable bonds is 4. The number of hydrogen-bond acceptors (Lipinski definition) is 7. The zero-order valence-electron chi connectivity index (χ0n) is 26.2. The molecule has 2 aliphatic heterocycles. The van der Waals surface area contributed by atoms with E-state index in [0.717, 1.165) is 16.5 Å². The van der Waals surface area contributed by atoms with E-state index in [2.05, 4.69) is 13.8 Å². The van der Waals surface area contributed by atoms with Gasteiger partial charge in [-0.15, -0.1) is 0 Å². The fourth-order valence-corrected chi connectivity index (χ4v) is 6.30. The zero-order valence-corrected chi connectivity index (χ0v) is 26.2. The molecule has 8 heteroatoms. The third-order valence-corrected chi connectivity index (χ3v) is 8.36. The van der Waals surface area contributed by atoms with Gasteiger partial charge in [0.1, 0.15) is 22.8 Å². The molecule has 0 fully saturated rings. The van der Waals surface area contributed by atoms with Crippen molar-refractivity contribution in [2.45, 2.75) is 91.2 Å². The van der Waals surface area contributed by atoms with Crippen molar-refractivity contribution in [2.75, 3.05) is 7.11 Å². The van der Waals surface area contributed by atoms with E-state index in [0.29, 0.717) is 61.8 Å². The Hall–Kier alpha value is -4.20. The molecular weight excluding hydrogens is 558 g/mol. The molecule has 0 saturated heterocycles. The summed E-state index contributed by atoms with van der Waals surface area (Å²) in [6.45, 7) is 8.45. The molecule has 8 nitrogen and oxygen atoms in total. The first-order chi connectivity index (χ1) is 21.1. The number of carbonyl (C=O) groups excluding carboxylic acids is 3. The fraction of sp³-hybridized carbons (Fsp3) is 0.444. The van der Waals surface area contributed by atoms with E-state index in [1.54, 1.807) is 16.7 Å². The third-order valence-electron chi connectivity index (χ3n) is 8.36. The van der Waals surface area contributed by atoms with Crippen LogP contribution in [0.3, 0.4) is 0 Å². The number of esters is 2. The highest BCUT2D eigenvalue weighted by atomic mass is 16.5. The maximum Gasteiger partial charge on any atom is 0.342 e. The average Bonchev–Trinajstić information content (AvgIpc) is 2.96. The number of benzene rings is 2. The van der Waals surface area contributed by atoms with Crippen LogP contribution in [0.15, 0.2) is 41.2 Å². The molecule has 0 aliphatic carbocycles. The fourth-order valence-electron chi connectivity index (χ4n) is 6.30. The molecule has 3 heterocycles. The van der Waals surface area contributed by atoms with Gasteiger partial charge in [-0.2, -0.15) is 0 Å². The van der Waals surface area contributed by atoms with Crippen molar-refractivity contribution in [1.29, 1.82) is 0 Å². The Bertz CT molecular complexity index is 1700. The first-order valence-electron chi connectivity index (χ1n) is 15.6. The van der Waals surface area contributed by atoms with Crippen LogP contribution < -0.4 is 15.0 Å². The monoisotopic (exact) mass is 599 g/mol. The number of ketones is 1. The Morgan fingerprint density at radius 3 is 2.57 bits per heavy atom. The van der Waals surface area contributed by atoms with Crippen LogP contribution in [-0.4, -0.2) is 35.5 Å². The van der Waals surface area contributed by atoms with Crippen LogP contribution in [0.25, 0.3) is 17.0 Å². The van der Waals surface area contributed by atoms with E-state index in [4.69, 9.17) is 14.2 Å². The predicted molar refractivity (Wildman–Crippen MR) is 169 cm³/mol. The molecule has 0 spiro atoms. The van der Waals surface area contributed by atoms with E-state index >= 15 is 0 Å². The highest BCUT2D eigenvalue weighted by Gasteiger charge is 2.37. The summed E-state index contributed by atoms with van der Waals surface area (Å²) in [6.07, 6.45) is 6.69. The Kier molecular flexibility index (Phi) is 9.37. The number of allylic oxidation sites excluding steroid dienone is 1. The Balaban J connectivity index is 1.73. The van der Waals surface area contributed by atoms with Crippen molar-refractivity contribution >= 4 is 34.7 Å². The maximum atomic E-state index is 14.2. The second-order valence-corrected chi connectivity index (χ2v) is 12.4. The molecule has 0 bridgehead atoms. The van der Waals surface area contributed by atoms with Gasteiger partial charge in [0.2, 0.25) is 0 Å². The van der Waals surface area contributed by atoms with Crippen LogP contribution in [0.4, 0.5) is 0 Å². The number of hydrogen-bond donors (Lipinski definition) is 0. The molecule has 232 valence electrons. The van der Waals surface area contributed by atoms with Crippen LogP contribution in [0, 0.1) is 12.8 Å². The normalized spacial score (nSPS) is 19.6. The van der Waals surface area contributed by atoms with Crippen molar-refractivity contribution in [3.8, 4) is 11.5 Å². The summed E-state index contributed by atoms with van der Waals surface area (Å²) < 4.78 is 19.4. The van der Waals surface area contributed by atoms with Gasteiger partial charge in [0, 0.05) is 36.4 Å². The molecule has 3 aromatic rings. The number of Topliss-reactive ketones (excluding diaryl/α,β-unsaturated/α-hetero) is 1. The quantitative estimate of drug-likeness (QED) is 0.238. The number of cyclic esters (lactones) is 1. The van der Waals surface area contributed by atoms with Crippen molar-refractivity contribution < 1.29 is 28.6 Å². The lowest BCUT2D eigenvalue weighted by Crippen LogP contribution is -2.31. The lowest BCUT2D eigenvalue weighted by atomic mass is 9.83. The Labute approximate surface area is 258 Å². The standard InChI is InChI=1S/C36H41NO7/c1-21(2)20-37-29-15-14-22(3)16-25(29)17-28(35(37)40)27-19-31(39)44-30-18-24-11-7-6-8-12-26(38)13-9-10-23(4)43-36(41)32(24)34(42-5)33(27)30/h7,11,14-18,21,23,27H,6,8-10,12-13,19-20H2,1-5H3/t23-,27-/m1/s1. The molecule has 2 aromatic carbocycles. The molecule has 0 radical (unpaired) electrons. The van der Waals surface area contributed by atoms with Gasteiger partial charge < -0.3 is 18.8 Å². The van der Waals surface area contributed by atoms with E-state index < -0.39 is 24.0 Å². The molecule has 0 N–H and O–H groups in total. The Morgan fingerprint density at radius 1 is 1.05 bits per heavy atom. The van der Waals surface area contributed by atoms with Crippen LogP contribution in [-0.2, 0) is 20.9 Å². The number of methoxy groups -OCH3 is 1. The number of pyridine rings is 1. The maximum absolute atomic E-state index is 14.2. The highest BCUT2D eigenvalue weighted by molar-refractivity contribution is 5.99. The first-order valence-corrected chi connectivity index (χ1v) is 15.6. The molecule has 5 rings (SSSR count). The van der Waals surface area contributed by atoms with Gasteiger partial charge >= 0.3 is 11.9 Å². The smallest absolute Gasteiger partial charge is 0.342 e. The minimum absolute atomic E-state index is 0.0777. The topological polar surface area (TPSA) is 101 Å². The summed E-state index contributed by atoms with van der Waals surface area (Å²) in [4.78, 5) is 53.3. The largest absolute Gasteiger partial charge is 0.495 e. The van der Waals surface area contributed by atoms with Crippen LogP contribution in [0.2, 0.25) is 0 Å². The summed E-state index contributed by atoms with van der Waals surface area (Å²) in [5.41, 5.74) is 3.34. The van der Waals surface area contributed by atoms with E-state index in [1.807, 2.05) is 44.2 Å². The van der Waals surface area contributed by atoms with Crippen LogP contribution in [0.5, 0.6) is 11.5 Å². The van der Waals surface area contributed by atoms with Gasteiger partial charge in [-0.3, -0.25) is 14.4 Å². The van der Waals surface area contributed by atoms with Crippen molar-refractivity contribution in [2.24, 2.45) is 5.92 Å². The molecule has 0 unspecified atom stereocenters. The lowest BCUT2D eigenvalue weighted by molar-refractivity contribution is -0.135. The molecule has 0 saturated carbocycles. The minimum atomic E-state index is -0.698. The van der Waals surface area contributed by atoms with Gasteiger partial charge in [-0.25, -0.2) is 4.79 Å². The number of carbonyl (C=O) groups is 3. The Morgan fingerprint density at radius 2 is 1.82 bits per heavy atom. The van der Waals surface area contributed by atoms with E-state index in [1.165, 1.54) is 7.11 Å².